The maximum atomic E-state index is 5.91. The van der Waals surface area contributed by atoms with Crippen molar-refractivity contribution in [2.75, 3.05) is 13.1 Å². The molecule has 1 aliphatic rings. The van der Waals surface area contributed by atoms with E-state index in [2.05, 4.69) is 21.4 Å². The van der Waals surface area contributed by atoms with Gasteiger partial charge >= 0.3 is 0 Å². The molecule has 0 spiro atoms. The number of rotatable bonds is 3. The number of nitrogens with zero attached hydrogens (tertiary/aromatic N) is 3. The van der Waals surface area contributed by atoms with Crippen LogP contribution in [0.15, 0.2) is 5.38 Å². The van der Waals surface area contributed by atoms with Gasteiger partial charge in [0.15, 0.2) is 0 Å². The molecule has 0 aliphatic carbocycles. The van der Waals surface area contributed by atoms with Crippen LogP contribution in [0.25, 0.3) is 0 Å². The highest BCUT2D eigenvalue weighted by molar-refractivity contribution is 7.03. The molecule has 1 unspecified atom stereocenters. The van der Waals surface area contributed by atoms with Crippen molar-refractivity contribution in [2.45, 2.75) is 32.4 Å². The van der Waals surface area contributed by atoms with E-state index >= 15 is 0 Å². The highest BCUT2D eigenvalue weighted by Crippen LogP contribution is 2.20. The van der Waals surface area contributed by atoms with Gasteiger partial charge in [0.05, 0.1) is 5.69 Å². The van der Waals surface area contributed by atoms with Crippen LogP contribution in [0.5, 0.6) is 0 Å². The zero-order valence-corrected chi connectivity index (χ0v) is 11.1. The van der Waals surface area contributed by atoms with Gasteiger partial charge in [-0.05, 0) is 50.3 Å². The standard InChI is InChI=1S/C10H18N4S.ClH/c1-8(11)9-2-4-14(5-3-9)6-10-7-15-13-12-10;/h7-9H,2-6,11H2,1H3;1H. The van der Waals surface area contributed by atoms with Gasteiger partial charge in [-0.1, -0.05) is 4.49 Å². The van der Waals surface area contributed by atoms with Gasteiger partial charge in [0.1, 0.15) is 0 Å². The first-order valence-electron chi connectivity index (χ1n) is 5.49. The Morgan fingerprint density at radius 3 is 2.75 bits per heavy atom. The molecule has 1 aromatic heterocycles. The third-order valence-electron chi connectivity index (χ3n) is 3.17. The topological polar surface area (TPSA) is 55.0 Å². The summed E-state index contributed by atoms with van der Waals surface area (Å²) in [7, 11) is 0. The molecular weight excluding hydrogens is 244 g/mol. The van der Waals surface area contributed by atoms with Crippen molar-refractivity contribution in [2.24, 2.45) is 11.7 Å². The van der Waals surface area contributed by atoms with Crippen molar-refractivity contribution in [3.8, 4) is 0 Å². The van der Waals surface area contributed by atoms with Crippen LogP contribution in [0.1, 0.15) is 25.5 Å². The van der Waals surface area contributed by atoms with Crippen LogP contribution in [0.4, 0.5) is 0 Å². The molecule has 2 rings (SSSR count). The molecule has 1 atom stereocenters. The van der Waals surface area contributed by atoms with Crippen molar-refractivity contribution in [1.29, 1.82) is 0 Å². The lowest BCUT2D eigenvalue weighted by atomic mass is 9.91. The summed E-state index contributed by atoms with van der Waals surface area (Å²) >= 11 is 1.43. The Balaban J connectivity index is 0.00000128. The Bertz CT molecular complexity index is 283. The van der Waals surface area contributed by atoms with Crippen LogP contribution in [-0.2, 0) is 6.54 Å². The molecule has 0 amide bonds. The summed E-state index contributed by atoms with van der Waals surface area (Å²) in [4.78, 5) is 2.44. The van der Waals surface area contributed by atoms with Gasteiger partial charge in [0, 0.05) is 18.0 Å². The van der Waals surface area contributed by atoms with Gasteiger partial charge in [0.2, 0.25) is 0 Å². The molecule has 1 saturated heterocycles. The number of piperidine rings is 1. The molecule has 4 nitrogen and oxygen atoms in total. The molecule has 92 valence electrons. The Morgan fingerprint density at radius 1 is 1.56 bits per heavy atom. The van der Waals surface area contributed by atoms with Gasteiger partial charge in [0.25, 0.3) is 0 Å². The minimum Gasteiger partial charge on any atom is -0.328 e. The third-order valence-corrected chi connectivity index (χ3v) is 3.72. The van der Waals surface area contributed by atoms with Crippen LogP contribution in [0.2, 0.25) is 0 Å². The van der Waals surface area contributed by atoms with Gasteiger partial charge in [-0.15, -0.1) is 17.5 Å². The van der Waals surface area contributed by atoms with Gasteiger partial charge in [-0.3, -0.25) is 4.90 Å². The molecule has 16 heavy (non-hydrogen) atoms. The Labute approximate surface area is 107 Å². The number of halogens is 1. The molecule has 6 heteroatoms. The van der Waals surface area contributed by atoms with Crippen molar-refractivity contribution in [3.05, 3.63) is 11.1 Å². The van der Waals surface area contributed by atoms with E-state index in [0.717, 1.165) is 25.3 Å². The maximum absolute atomic E-state index is 5.91. The van der Waals surface area contributed by atoms with E-state index in [-0.39, 0.29) is 12.4 Å². The average molecular weight is 263 g/mol. The van der Waals surface area contributed by atoms with E-state index in [4.69, 9.17) is 5.73 Å². The summed E-state index contributed by atoms with van der Waals surface area (Å²) in [6.45, 7) is 5.35. The smallest absolute Gasteiger partial charge is 0.0895 e. The summed E-state index contributed by atoms with van der Waals surface area (Å²) in [5.41, 5.74) is 7.01. The Morgan fingerprint density at radius 2 is 2.25 bits per heavy atom. The van der Waals surface area contributed by atoms with E-state index in [1.165, 1.54) is 24.4 Å². The van der Waals surface area contributed by atoms with E-state index in [1.807, 2.05) is 5.38 Å². The van der Waals surface area contributed by atoms with E-state index < -0.39 is 0 Å². The van der Waals surface area contributed by atoms with Crippen molar-refractivity contribution < 1.29 is 0 Å². The van der Waals surface area contributed by atoms with E-state index in [9.17, 15) is 0 Å². The molecule has 0 saturated carbocycles. The van der Waals surface area contributed by atoms with Crippen LogP contribution >= 0.6 is 23.9 Å². The minimum atomic E-state index is 0. The predicted molar refractivity (Wildman–Crippen MR) is 68.8 cm³/mol. The van der Waals surface area contributed by atoms with Crippen LogP contribution in [0.3, 0.4) is 0 Å². The summed E-state index contributed by atoms with van der Waals surface area (Å²) in [5.74, 6) is 0.704. The van der Waals surface area contributed by atoms with E-state index in [0.29, 0.717) is 12.0 Å². The fourth-order valence-corrected chi connectivity index (χ4v) is 2.56. The molecule has 1 aliphatic heterocycles. The second-order valence-corrected chi connectivity index (χ2v) is 4.98. The number of hydrogen-bond donors (Lipinski definition) is 1. The van der Waals surface area contributed by atoms with Crippen LogP contribution in [-0.4, -0.2) is 33.6 Å². The quantitative estimate of drug-likeness (QED) is 0.898. The molecule has 2 N–H and O–H groups in total. The highest BCUT2D eigenvalue weighted by atomic mass is 35.5. The fraction of sp³-hybridized carbons (Fsp3) is 0.800. The number of likely N-dealkylation sites (tertiary alicyclic amines) is 1. The van der Waals surface area contributed by atoms with Crippen molar-refractivity contribution in [3.63, 3.8) is 0 Å². The highest BCUT2D eigenvalue weighted by Gasteiger charge is 2.21. The zero-order chi connectivity index (χ0) is 10.7. The molecule has 0 bridgehead atoms. The van der Waals surface area contributed by atoms with Crippen molar-refractivity contribution in [1.82, 2.24) is 14.5 Å². The predicted octanol–water partition coefficient (Wildman–Crippen LogP) is 1.52. The van der Waals surface area contributed by atoms with Gasteiger partial charge in [-0.25, -0.2) is 0 Å². The largest absolute Gasteiger partial charge is 0.328 e. The second-order valence-electron chi connectivity index (χ2n) is 4.37. The summed E-state index contributed by atoms with van der Waals surface area (Å²) in [5, 5.41) is 6.09. The lowest BCUT2D eigenvalue weighted by Gasteiger charge is -2.33. The fourth-order valence-electron chi connectivity index (χ4n) is 2.12. The molecule has 1 fully saturated rings. The monoisotopic (exact) mass is 262 g/mol. The van der Waals surface area contributed by atoms with E-state index in [1.54, 1.807) is 0 Å². The Kier molecular flexibility index (Phi) is 5.61. The molecule has 2 heterocycles. The summed E-state index contributed by atoms with van der Waals surface area (Å²) in [6.07, 6.45) is 2.43. The zero-order valence-electron chi connectivity index (χ0n) is 9.50. The van der Waals surface area contributed by atoms with Crippen molar-refractivity contribution >= 4 is 23.9 Å². The SMILES string of the molecule is CC(N)C1CCN(Cc2csnn2)CC1.Cl. The molecular formula is C10H19ClN4S. The molecule has 0 aromatic carbocycles. The average Bonchev–Trinajstić information content (AvgIpc) is 2.71. The summed E-state index contributed by atoms with van der Waals surface area (Å²) < 4.78 is 3.88. The number of aromatic nitrogens is 2. The minimum absolute atomic E-state index is 0. The van der Waals surface area contributed by atoms with Gasteiger partial charge in [-0.2, -0.15) is 0 Å². The van der Waals surface area contributed by atoms with Crippen LogP contribution in [0, 0.1) is 5.92 Å². The lowest BCUT2D eigenvalue weighted by molar-refractivity contribution is 0.164. The number of nitrogens with two attached hydrogens (primary N) is 1. The maximum Gasteiger partial charge on any atom is 0.0895 e. The van der Waals surface area contributed by atoms with Crippen LogP contribution < -0.4 is 5.73 Å². The molecule has 1 aromatic rings. The normalized spacial score (nSPS) is 20.4. The third kappa shape index (κ3) is 3.66. The lowest BCUT2D eigenvalue weighted by Crippen LogP contribution is -2.39. The summed E-state index contributed by atoms with van der Waals surface area (Å²) in [6, 6.07) is 0.341. The molecule has 0 radical (unpaired) electrons. The first-order valence-corrected chi connectivity index (χ1v) is 6.33. The first kappa shape index (κ1) is 13.8. The second kappa shape index (κ2) is 6.49. The first-order chi connectivity index (χ1) is 7.25. The van der Waals surface area contributed by atoms with Gasteiger partial charge < -0.3 is 5.73 Å². The Hall–Kier alpha value is -0.230. The number of hydrogen-bond acceptors (Lipinski definition) is 5.